The van der Waals surface area contributed by atoms with Gasteiger partial charge in [0.25, 0.3) is 0 Å². The van der Waals surface area contributed by atoms with Crippen LogP contribution in [-0.2, 0) is 9.53 Å². The van der Waals surface area contributed by atoms with E-state index in [1.807, 2.05) is 20.8 Å². The molecule has 1 rings (SSSR count). The lowest BCUT2D eigenvalue weighted by Crippen LogP contribution is -2.35. The van der Waals surface area contributed by atoms with Crippen LogP contribution in [0, 0.1) is 11.8 Å². The van der Waals surface area contributed by atoms with E-state index in [4.69, 9.17) is 4.74 Å². The third-order valence-corrected chi connectivity index (χ3v) is 3.20. The molecule has 0 bridgehead atoms. The molecule has 0 aromatic carbocycles. The molecule has 1 fully saturated rings. The summed E-state index contributed by atoms with van der Waals surface area (Å²) in [5, 5.41) is 0. The molecule has 1 amide bonds. The molecule has 1 saturated carbocycles. The Labute approximate surface area is 110 Å². The largest absolute Gasteiger partial charge is 0.444 e. The molecule has 2 unspecified atom stereocenters. The first kappa shape index (κ1) is 15.0. The zero-order chi connectivity index (χ0) is 13.9. The van der Waals surface area contributed by atoms with E-state index in [2.05, 4.69) is 6.92 Å². The van der Waals surface area contributed by atoms with Crippen molar-refractivity contribution in [3.63, 3.8) is 0 Å². The number of Topliss-reactive ketones (excluding diaryl/α,β-unsaturated/α-hetero) is 1. The van der Waals surface area contributed by atoms with Crippen molar-refractivity contribution in [1.82, 2.24) is 4.90 Å². The fourth-order valence-corrected chi connectivity index (χ4v) is 1.80. The van der Waals surface area contributed by atoms with Crippen LogP contribution >= 0.6 is 0 Å². The predicted molar refractivity (Wildman–Crippen MR) is 70.4 cm³/mol. The van der Waals surface area contributed by atoms with Crippen LogP contribution in [0.1, 0.15) is 47.0 Å². The van der Waals surface area contributed by atoms with Crippen LogP contribution in [0.2, 0.25) is 0 Å². The minimum absolute atomic E-state index is 0.250. The first-order chi connectivity index (χ1) is 8.19. The van der Waals surface area contributed by atoms with E-state index in [9.17, 15) is 9.59 Å². The number of rotatable bonds is 5. The van der Waals surface area contributed by atoms with Gasteiger partial charge < -0.3 is 9.64 Å². The summed E-state index contributed by atoms with van der Waals surface area (Å²) in [6.45, 7) is 8.11. The van der Waals surface area contributed by atoms with E-state index >= 15 is 0 Å². The van der Waals surface area contributed by atoms with Crippen LogP contribution in [0.5, 0.6) is 0 Å². The SMILES string of the molecule is CC1CC1CC(=O)CCN(C)C(=O)OC(C)(C)C. The standard InChI is InChI=1S/C14H25NO3/c1-10-8-11(10)9-12(16)6-7-15(5)13(17)18-14(2,3)4/h10-11H,6-9H2,1-5H3. The van der Waals surface area contributed by atoms with Gasteiger partial charge in [-0.25, -0.2) is 4.79 Å². The number of hydrogen-bond donors (Lipinski definition) is 0. The van der Waals surface area contributed by atoms with Crippen molar-refractivity contribution in [3.8, 4) is 0 Å². The monoisotopic (exact) mass is 255 g/mol. The van der Waals surface area contributed by atoms with E-state index in [1.165, 1.54) is 11.3 Å². The van der Waals surface area contributed by atoms with E-state index < -0.39 is 5.60 Å². The van der Waals surface area contributed by atoms with Crippen molar-refractivity contribution in [2.75, 3.05) is 13.6 Å². The molecule has 4 nitrogen and oxygen atoms in total. The smallest absolute Gasteiger partial charge is 0.410 e. The van der Waals surface area contributed by atoms with Gasteiger partial charge in [-0.1, -0.05) is 6.92 Å². The first-order valence-corrected chi connectivity index (χ1v) is 6.65. The minimum Gasteiger partial charge on any atom is -0.444 e. The summed E-state index contributed by atoms with van der Waals surface area (Å²) >= 11 is 0. The Morgan fingerprint density at radius 3 is 2.33 bits per heavy atom. The van der Waals surface area contributed by atoms with Crippen molar-refractivity contribution in [1.29, 1.82) is 0 Å². The van der Waals surface area contributed by atoms with Crippen LogP contribution in [0.15, 0.2) is 0 Å². The molecule has 2 atom stereocenters. The molecule has 0 heterocycles. The van der Waals surface area contributed by atoms with Gasteiger partial charge in [0.1, 0.15) is 11.4 Å². The molecule has 0 radical (unpaired) electrons. The first-order valence-electron chi connectivity index (χ1n) is 6.65. The molecule has 0 saturated heterocycles. The average molecular weight is 255 g/mol. The summed E-state index contributed by atoms with van der Waals surface area (Å²) < 4.78 is 5.22. The zero-order valence-electron chi connectivity index (χ0n) is 12.2. The normalized spacial score (nSPS) is 22.5. The Morgan fingerprint density at radius 1 is 1.33 bits per heavy atom. The molecule has 18 heavy (non-hydrogen) atoms. The van der Waals surface area contributed by atoms with Gasteiger partial charge in [-0.05, 0) is 39.0 Å². The van der Waals surface area contributed by atoms with Crippen LogP contribution in [-0.4, -0.2) is 36.0 Å². The summed E-state index contributed by atoms with van der Waals surface area (Å²) in [6, 6.07) is 0. The molecular formula is C14H25NO3. The molecule has 0 N–H and O–H groups in total. The van der Waals surface area contributed by atoms with Gasteiger partial charge in [-0.3, -0.25) is 4.79 Å². The molecule has 0 aromatic heterocycles. The number of hydrogen-bond acceptors (Lipinski definition) is 3. The van der Waals surface area contributed by atoms with Crippen molar-refractivity contribution in [2.45, 2.75) is 52.6 Å². The number of nitrogens with zero attached hydrogens (tertiary/aromatic N) is 1. The number of carbonyl (C=O) groups is 2. The van der Waals surface area contributed by atoms with Crippen LogP contribution in [0.25, 0.3) is 0 Å². The highest BCUT2D eigenvalue weighted by molar-refractivity contribution is 5.79. The molecule has 4 heteroatoms. The fourth-order valence-electron chi connectivity index (χ4n) is 1.80. The molecular weight excluding hydrogens is 230 g/mol. The van der Waals surface area contributed by atoms with Crippen LogP contribution in [0.3, 0.4) is 0 Å². The summed E-state index contributed by atoms with van der Waals surface area (Å²) in [5.41, 5.74) is -0.487. The minimum atomic E-state index is -0.487. The van der Waals surface area contributed by atoms with E-state index in [0.717, 1.165) is 0 Å². The molecule has 0 aliphatic heterocycles. The average Bonchev–Trinajstić information content (AvgIpc) is 2.88. The molecule has 1 aliphatic carbocycles. The van der Waals surface area contributed by atoms with Crippen molar-refractivity contribution in [3.05, 3.63) is 0 Å². The summed E-state index contributed by atoms with van der Waals surface area (Å²) in [5.74, 6) is 1.54. The summed E-state index contributed by atoms with van der Waals surface area (Å²) in [6.07, 6.45) is 1.91. The Bertz CT molecular complexity index is 319. The van der Waals surface area contributed by atoms with Gasteiger partial charge in [0, 0.05) is 26.4 Å². The quantitative estimate of drug-likeness (QED) is 0.759. The number of ether oxygens (including phenoxy) is 1. The van der Waals surface area contributed by atoms with Gasteiger partial charge >= 0.3 is 6.09 Å². The maximum Gasteiger partial charge on any atom is 0.410 e. The Hall–Kier alpha value is -1.06. The third kappa shape index (κ3) is 5.52. The number of amides is 1. The maximum absolute atomic E-state index is 11.7. The highest BCUT2D eigenvalue weighted by Crippen LogP contribution is 2.40. The Morgan fingerprint density at radius 2 is 1.89 bits per heavy atom. The van der Waals surface area contributed by atoms with Crippen LogP contribution < -0.4 is 0 Å². The van der Waals surface area contributed by atoms with Crippen molar-refractivity contribution in [2.24, 2.45) is 11.8 Å². The Balaban J connectivity index is 2.21. The second-order valence-electron chi connectivity index (χ2n) is 6.37. The zero-order valence-corrected chi connectivity index (χ0v) is 12.2. The third-order valence-electron chi connectivity index (χ3n) is 3.20. The summed E-state index contributed by atoms with van der Waals surface area (Å²) in [4.78, 5) is 24.8. The van der Waals surface area contributed by atoms with Gasteiger partial charge in [-0.2, -0.15) is 0 Å². The molecule has 104 valence electrons. The summed E-state index contributed by atoms with van der Waals surface area (Å²) in [7, 11) is 1.67. The van der Waals surface area contributed by atoms with E-state index in [0.29, 0.717) is 31.2 Å². The van der Waals surface area contributed by atoms with Gasteiger partial charge in [-0.15, -0.1) is 0 Å². The van der Waals surface area contributed by atoms with Crippen molar-refractivity contribution < 1.29 is 14.3 Å². The highest BCUT2D eigenvalue weighted by atomic mass is 16.6. The Kier molecular flexibility index (Phi) is 4.77. The lowest BCUT2D eigenvalue weighted by atomic mass is 10.1. The molecule has 1 aliphatic rings. The van der Waals surface area contributed by atoms with Gasteiger partial charge in [0.15, 0.2) is 0 Å². The maximum atomic E-state index is 11.7. The van der Waals surface area contributed by atoms with Gasteiger partial charge in [0.2, 0.25) is 0 Å². The van der Waals surface area contributed by atoms with E-state index in [1.54, 1.807) is 7.05 Å². The number of carbonyl (C=O) groups excluding carboxylic acids is 2. The van der Waals surface area contributed by atoms with Crippen LogP contribution in [0.4, 0.5) is 4.79 Å². The lowest BCUT2D eigenvalue weighted by molar-refractivity contribution is -0.119. The highest BCUT2D eigenvalue weighted by Gasteiger charge is 2.33. The molecule has 0 aromatic rings. The van der Waals surface area contributed by atoms with Gasteiger partial charge in [0.05, 0.1) is 0 Å². The second-order valence-corrected chi connectivity index (χ2v) is 6.37. The topological polar surface area (TPSA) is 46.6 Å². The lowest BCUT2D eigenvalue weighted by Gasteiger charge is -2.24. The fraction of sp³-hybridized carbons (Fsp3) is 0.857. The van der Waals surface area contributed by atoms with E-state index in [-0.39, 0.29) is 11.9 Å². The molecule has 0 spiro atoms. The second kappa shape index (κ2) is 5.72. The predicted octanol–water partition coefficient (Wildman–Crippen LogP) is 2.86. The number of ketones is 1. The van der Waals surface area contributed by atoms with Crippen molar-refractivity contribution >= 4 is 11.9 Å².